The van der Waals surface area contributed by atoms with Crippen LogP contribution in [0.3, 0.4) is 0 Å². The van der Waals surface area contributed by atoms with E-state index in [4.69, 9.17) is 18.9 Å². The summed E-state index contributed by atoms with van der Waals surface area (Å²) in [6.45, 7) is 2.76. The van der Waals surface area contributed by atoms with Crippen LogP contribution in [0.25, 0.3) is 0 Å². The fraction of sp³-hybridized carbons (Fsp3) is 0.733. The molecule has 10 rings (SSSR count). The molecule has 36 heavy (non-hydrogen) atoms. The lowest BCUT2D eigenvalue weighted by Gasteiger charge is -2.58. The fourth-order valence-corrected chi connectivity index (χ4v) is 9.07. The van der Waals surface area contributed by atoms with Gasteiger partial charge in [-0.05, 0) is 50.4 Å². The van der Waals surface area contributed by atoms with Crippen molar-refractivity contribution < 1.29 is 29.2 Å². The molecule has 0 aromatic rings. The molecule has 2 saturated heterocycles. The Labute approximate surface area is 214 Å². The maximum Gasteiger partial charge on any atom is 0.178 e. The number of hydrogen-bond acceptors (Lipinski definition) is 6. The van der Waals surface area contributed by atoms with Crippen molar-refractivity contribution in [3.8, 4) is 0 Å². The van der Waals surface area contributed by atoms with E-state index in [9.17, 15) is 10.2 Å². The first-order valence-electron chi connectivity index (χ1n) is 14.1. The topological polar surface area (TPSA) is 77.4 Å². The smallest absolute Gasteiger partial charge is 0.178 e. The summed E-state index contributed by atoms with van der Waals surface area (Å²) in [6.07, 6.45) is 24.8. The molecule has 0 amide bonds. The van der Waals surface area contributed by atoms with Crippen LogP contribution in [0.15, 0.2) is 48.6 Å². The van der Waals surface area contributed by atoms with Crippen molar-refractivity contribution in [3.63, 3.8) is 0 Å². The van der Waals surface area contributed by atoms with E-state index in [1.54, 1.807) is 0 Å². The second-order valence-corrected chi connectivity index (χ2v) is 12.3. The van der Waals surface area contributed by atoms with E-state index in [-0.39, 0.29) is 34.9 Å². The summed E-state index contributed by atoms with van der Waals surface area (Å²) in [7, 11) is 0. The second kappa shape index (κ2) is 8.62. The van der Waals surface area contributed by atoms with Gasteiger partial charge in [-0.1, -0.05) is 48.6 Å². The van der Waals surface area contributed by atoms with Gasteiger partial charge in [-0.25, -0.2) is 0 Å². The molecule has 4 bridgehead atoms. The third kappa shape index (κ3) is 3.25. The van der Waals surface area contributed by atoms with Crippen molar-refractivity contribution in [1.82, 2.24) is 0 Å². The molecule has 6 heteroatoms. The quantitative estimate of drug-likeness (QED) is 0.493. The number of aliphatic hydroxyl groups is 2. The van der Waals surface area contributed by atoms with Gasteiger partial charge in [0.1, 0.15) is 0 Å². The molecule has 2 N–H and O–H groups in total. The van der Waals surface area contributed by atoms with E-state index in [1.165, 1.54) is 0 Å². The molecule has 8 atom stereocenters. The molecule has 2 heterocycles. The molecular formula is C30H40O6. The van der Waals surface area contributed by atoms with Crippen LogP contribution in [0.1, 0.15) is 51.4 Å². The highest BCUT2D eigenvalue weighted by atomic mass is 16.7. The van der Waals surface area contributed by atoms with E-state index in [0.29, 0.717) is 38.3 Å². The van der Waals surface area contributed by atoms with Crippen LogP contribution in [-0.2, 0) is 18.9 Å². The monoisotopic (exact) mass is 496 g/mol. The van der Waals surface area contributed by atoms with Gasteiger partial charge in [0.05, 0.1) is 49.5 Å². The predicted molar refractivity (Wildman–Crippen MR) is 134 cm³/mol. The first kappa shape index (κ1) is 23.8. The zero-order valence-electron chi connectivity index (χ0n) is 21.1. The van der Waals surface area contributed by atoms with E-state index in [1.807, 2.05) is 0 Å². The molecule has 196 valence electrons. The first-order chi connectivity index (χ1) is 17.5. The maximum atomic E-state index is 10.4. The van der Waals surface area contributed by atoms with Crippen LogP contribution >= 0.6 is 0 Å². The molecular weight excluding hydrogens is 456 g/mol. The Morgan fingerprint density at radius 2 is 1.00 bits per heavy atom. The highest BCUT2D eigenvalue weighted by Gasteiger charge is 2.66. The van der Waals surface area contributed by atoms with Gasteiger partial charge >= 0.3 is 0 Å². The molecule has 2 aliphatic heterocycles. The van der Waals surface area contributed by atoms with Crippen molar-refractivity contribution in [2.24, 2.45) is 34.5 Å². The van der Waals surface area contributed by atoms with Crippen molar-refractivity contribution in [3.05, 3.63) is 48.6 Å². The van der Waals surface area contributed by atoms with Crippen LogP contribution < -0.4 is 0 Å². The SMILES string of the molecule is O[C@H]1CC=CC[C@]23C=C[C@H](C[C@H]12)CC31OCCO1.O[C@H]1CC=CC[C@]23C=C[C@H](C[C@H]12)CC31OCCO1. The molecule has 8 aliphatic carbocycles. The predicted octanol–water partition coefficient (Wildman–Crippen LogP) is 4.05. The van der Waals surface area contributed by atoms with Gasteiger partial charge in [0.25, 0.3) is 0 Å². The summed E-state index contributed by atoms with van der Waals surface area (Å²) >= 11 is 0. The minimum Gasteiger partial charge on any atom is -0.392 e. The normalized spacial score (nSPS) is 48.4. The lowest BCUT2D eigenvalue weighted by molar-refractivity contribution is -0.276. The number of aliphatic hydroxyl groups excluding tert-OH is 2. The highest BCUT2D eigenvalue weighted by Crippen LogP contribution is 2.63. The Balaban J connectivity index is 0.000000122. The molecule has 10 aliphatic rings. The number of allylic oxidation sites excluding steroid dienone is 4. The van der Waals surface area contributed by atoms with Gasteiger partial charge in [0.2, 0.25) is 0 Å². The van der Waals surface area contributed by atoms with E-state index in [2.05, 4.69) is 48.6 Å². The number of rotatable bonds is 0. The molecule has 2 saturated carbocycles. The summed E-state index contributed by atoms with van der Waals surface area (Å²) in [5, 5.41) is 20.9. The van der Waals surface area contributed by atoms with Crippen LogP contribution in [0, 0.1) is 34.5 Å². The Morgan fingerprint density at radius 3 is 1.42 bits per heavy atom. The molecule has 4 fully saturated rings. The Kier molecular flexibility index (Phi) is 5.70. The van der Waals surface area contributed by atoms with Gasteiger partial charge in [-0.15, -0.1) is 0 Å². The Morgan fingerprint density at radius 1 is 0.583 bits per heavy atom. The van der Waals surface area contributed by atoms with E-state index in [0.717, 1.165) is 51.4 Å². The third-order valence-electron chi connectivity index (χ3n) is 10.7. The van der Waals surface area contributed by atoms with Gasteiger partial charge in [-0.3, -0.25) is 0 Å². The van der Waals surface area contributed by atoms with Crippen LogP contribution in [0.5, 0.6) is 0 Å². The molecule has 0 unspecified atom stereocenters. The fourth-order valence-electron chi connectivity index (χ4n) is 9.07. The summed E-state index contributed by atoms with van der Waals surface area (Å²) in [5.74, 6) is 0.616. The van der Waals surface area contributed by atoms with E-state index < -0.39 is 11.6 Å². The maximum absolute atomic E-state index is 10.4. The van der Waals surface area contributed by atoms with Crippen LogP contribution in [0.2, 0.25) is 0 Å². The first-order valence-corrected chi connectivity index (χ1v) is 14.1. The average molecular weight is 497 g/mol. The molecule has 0 aromatic carbocycles. The summed E-state index contributed by atoms with van der Waals surface area (Å²) in [5.41, 5.74) is -0.296. The molecule has 0 aromatic heterocycles. The van der Waals surface area contributed by atoms with E-state index >= 15 is 0 Å². The summed E-state index contributed by atoms with van der Waals surface area (Å²) in [4.78, 5) is 0. The average Bonchev–Trinajstić information content (AvgIpc) is 3.48. The number of ether oxygens (including phenoxy) is 4. The molecule has 4 spiro atoms. The van der Waals surface area contributed by atoms with Gasteiger partial charge in [-0.2, -0.15) is 0 Å². The Bertz CT molecular complexity index is 894. The second-order valence-electron chi connectivity index (χ2n) is 12.3. The van der Waals surface area contributed by atoms with Crippen LogP contribution in [0.4, 0.5) is 0 Å². The summed E-state index contributed by atoms with van der Waals surface area (Å²) in [6, 6.07) is 0. The summed E-state index contributed by atoms with van der Waals surface area (Å²) < 4.78 is 24.2. The molecule has 6 nitrogen and oxygen atoms in total. The van der Waals surface area contributed by atoms with Crippen molar-refractivity contribution in [2.45, 2.75) is 75.1 Å². The lowest BCUT2D eigenvalue weighted by Crippen LogP contribution is -2.61. The van der Waals surface area contributed by atoms with Gasteiger partial charge in [0, 0.05) is 24.7 Å². The largest absolute Gasteiger partial charge is 0.392 e. The lowest BCUT2D eigenvalue weighted by atomic mass is 9.53. The van der Waals surface area contributed by atoms with Crippen molar-refractivity contribution in [2.75, 3.05) is 26.4 Å². The highest BCUT2D eigenvalue weighted by molar-refractivity contribution is 5.27. The third-order valence-corrected chi connectivity index (χ3v) is 10.7. The number of hydrogen-bond donors (Lipinski definition) is 2. The zero-order valence-corrected chi connectivity index (χ0v) is 21.1. The minimum absolute atomic E-state index is 0.148. The van der Waals surface area contributed by atoms with Crippen molar-refractivity contribution >= 4 is 0 Å². The molecule has 0 radical (unpaired) electrons. The minimum atomic E-state index is -0.467. The van der Waals surface area contributed by atoms with Crippen LogP contribution in [-0.4, -0.2) is 60.4 Å². The van der Waals surface area contributed by atoms with Gasteiger partial charge in [0.15, 0.2) is 11.6 Å². The Hall–Kier alpha value is -1.28. The standard InChI is InChI=1S/2C15H20O3/c2*16-13-3-1-2-5-14-6-4-11(9-12(13)14)10-15(14)17-7-8-18-15/h2*1-2,4,6,11-13,16H,3,5,7-10H2/t2*11-,12-,13+,14+/m11/s1. The zero-order chi connectivity index (χ0) is 24.4. The van der Waals surface area contributed by atoms with Crippen molar-refractivity contribution in [1.29, 1.82) is 0 Å². The van der Waals surface area contributed by atoms with Gasteiger partial charge < -0.3 is 29.2 Å².